The SMILES string of the molecule is CC(C)(C)OC(=O)NC1CCN(c2nc3ccccc3nc2NC2CC2)C1. The minimum Gasteiger partial charge on any atom is -0.444 e. The van der Waals surface area contributed by atoms with Gasteiger partial charge in [-0.25, -0.2) is 14.8 Å². The molecular formula is C20H27N5O2. The lowest BCUT2D eigenvalue weighted by Gasteiger charge is -2.23. The largest absolute Gasteiger partial charge is 0.444 e. The smallest absolute Gasteiger partial charge is 0.407 e. The number of anilines is 2. The first kappa shape index (κ1) is 17.8. The Morgan fingerprint density at radius 1 is 1.11 bits per heavy atom. The predicted molar refractivity (Wildman–Crippen MR) is 106 cm³/mol. The number of rotatable bonds is 4. The summed E-state index contributed by atoms with van der Waals surface area (Å²) in [4.78, 5) is 23.9. The van der Waals surface area contributed by atoms with Crippen molar-refractivity contribution in [2.45, 2.75) is 57.7 Å². The normalized spacial score (nSPS) is 20.0. The van der Waals surface area contributed by atoms with Crippen LogP contribution in [0.2, 0.25) is 0 Å². The van der Waals surface area contributed by atoms with Gasteiger partial charge in [0, 0.05) is 19.1 Å². The number of amides is 1. The molecule has 1 aromatic heterocycles. The highest BCUT2D eigenvalue weighted by Crippen LogP contribution is 2.32. The molecule has 1 unspecified atom stereocenters. The van der Waals surface area contributed by atoms with Crippen LogP contribution < -0.4 is 15.5 Å². The fraction of sp³-hybridized carbons (Fsp3) is 0.550. The van der Waals surface area contributed by atoms with Crippen LogP contribution in [0.1, 0.15) is 40.0 Å². The average molecular weight is 369 g/mol. The summed E-state index contributed by atoms with van der Waals surface area (Å²) in [5.74, 6) is 1.71. The number of hydrogen-bond acceptors (Lipinski definition) is 6. The Morgan fingerprint density at radius 2 is 1.81 bits per heavy atom. The van der Waals surface area contributed by atoms with Gasteiger partial charge in [-0.2, -0.15) is 0 Å². The van der Waals surface area contributed by atoms with E-state index < -0.39 is 5.60 Å². The van der Waals surface area contributed by atoms with Gasteiger partial charge in [-0.05, 0) is 52.2 Å². The Balaban J connectivity index is 1.51. The van der Waals surface area contributed by atoms with Crippen molar-refractivity contribution in [1.82, 2.24) is 15.3 Å². The summed E-state index contributed by atoms with van der Waals surface area (Å²) in [5.41, 5.74) is 1.29. The minimum atomic E-state index is -0.493. The standard InChI is InChI=1S/C20H27N5O2/c1-20(2,3)27-19(26)22-14-10-11-25(12-14)18-17(21-13-8-9-13)23-15-6-4-5-7-16(15)24-18/h4-7,13-14H,8-12H2,1-3H3,(H,21,23)(H,22,26). The van der Waals surface area contributed by atoms with E-state index in [4.69, 9.17) is 14.7 Å². The minimum absolute atomic E-state index is 0.0434. The molecule has 4 rings (SSSR count). The van der Waals surface area contributed by atoms with E-state index in [2.05, 4.69) is 15.5 Å². The van der Waals surface area contributed by atoms with Gasteiger partial charge in [0.1, 0.15) is 5.60 Å². The van der Waals surface area contributed by atoms with Crippen LogP contribution in [0.3, 0.4) is 0 Å². The van der Waals surface area contributed by atoms with Gasteiger partial charge in [0.15, 0.2) is 11.6 Å². The molecule has 2 heterocycles. The van der Waals surface area contributed by atoms with E-state index >= 15 is 0 Å². The highest BCUT2D eigenvalue weighted by atomic mass is 16.6. The zero-order chi connectivity index (χ0) is 19.0. The first-order valence-electron chi connectivity index (χ1n) is 9.65. The number of hydrogen-bond donors (Lipinski definition) is 2. The zero-order valence-corrected chi connectivity index (χ0v) is 16.2. The monoisotopic (exact) mass is 369 g/mol. The molecule has 1 aliphatic heterocycles. The van der Waals surface area contributed by atoms with E-state index in [9.17, 15) is 4.79 Å². The van der Waals surface area contributed by atoms with Crippen LogP contribution in [-0.2, 0) is 4.74 Å². The van der Waals surface area contributed by atoms with Gasteiger partial charge in [-0.1, -0.05) is 12.1 Å². The van der Waals surface area contributed by atoms with Crippen LogP contribution in [0.15, 0.2) is 24.3 Å². The van der Waals surface area contributed by atoms with E-state index in [0.29, 0.717) is 12.6 Å². The van der Waals surface area contributed by atoms with Crippen LogP contribution in [0.4, 0.5) is 16.4 Å². The highest BCUT2D eigenvalue weighted by molar-refractivity contribution is 5.81. The Kier molecular flexibility index (Phi) is 4.53. The van der Waals surface area contributed by atoms with Crippen molar-refractivity contribution in [3.63, 3.8) is 0 Å². The third-order valence-electron chi connectivity index (χ3n) is 4.68. The molecule has 2 aromatic rings. The number of fused-ring (bicyclic) bond motifs is 1. The maximum absolute atomic E-state index is 12.1. The van der Waals surface area contributed by atoms with E-state index in [-0.39, 0.29) is 12.1 Å². The van der Waals surface area contributed by atoms with Gasteiger partial charge in [-0.15, -0.1) is 0 Å². The number of carbonyl (C=O) groups is 1. The fourth-order valence-corrected chi connectivity index (χ4v) is 3.27. The first-order valence-corrected chi connectivity index (χ1v) is 9.65. The molecule has 1 amide bonds. The number of alkyl carbamates (subject to hydrolysis) is 1. The van der Waals surface area contributed by atoms with Gasteiger partial charge in [0.2, 0.25) is 0 Å². The molecule has 1 aliphatic carbocycles. The van der Waals surface area contributed by atoms with E-state index in [1.807, 2.05) is 45.0 Å². The maximum Gasteiger partial charge on any atom is 0.407 e. The van der Waals surface area contributed by atoms with Crippen LogP contribution in [0.5, 0.6) is 0 Å². The van der Waals surface area contributed by atoms with E-state index in [0.717, 1.165) is 35.6 Å². The molecule has 27 heavy (non-hydrogen) atoms. The molecule has 0 radical (unpaired) electrons. The third kappa shape index (κ3) is 4.40. The van der Waals surface area contributed by atoms with Gasteiger partial charge < -0.3 is 20.3 Å². The van der Waals surface area contributed by atoms with Gasteiger partial charge in [-0.3, -0.25) is 0 Å². The van der Waals surface area contributed by atoms with Gasteiger partial charge in [0.25, 0.3) is 0 Å². The number of para-hydroxylation sites is 2. The topological polar surface area (TPSA) is 79.4 Å². The molecular weight excluding hydrogens is 342 g/mol. The molecule has 2 N–H and O–H groups in total. The summed E-state index contributed by atoms with van der Waals surface area (Å²) < 4.78 is 5.37. The van der Waals surface area contributed by atoms with Crippen molar-refractivity contribution in [3.05, 3.63) is 24.3 Å². The average Bonchev–Trinajstić information content (AvgIpc) is 3.29. The summed E-state index contributed by atoms with van der Waals surface area (Å²) in [6.07, 6.45) is 2.85. The highest BCUT2D eigenvalue weighted by Gasteiger charge is 2.30. The van der Waals surface area contributed by atoms with Crippen LogP contribution in [-0.4, -0.2) is 46.8 Å². The molecule has 1 saturated heterocycles. The number of nitrogens with one attached hydrogen (secondary N) is 2. The molecule has 2 aliphatic rings. The number of carbonyl (C=O) groups excluding carboxylic acids is 1. The van der Waals surface area contributed by atoms with Gasteiger partial charge >= 0.3 is 6.09 Å². The van der Waals surface area contributed by atoms with E-state index in [1.54, 1.807) is 0 Å². The van der Waals surface area contributed by atoms with Crippen LogP contribution in [0.25, 0.3) is 11.0 Å². The van der Waals surface area contributed by atoms with Crippen molar-refractivity contribution in [3.8, 4) is 0 Å². The number of ether oxygens (including phenoxy) is 1. The summed E-state index contributed by atoms with van der Waals surface area (Å²) in [6, 6.07) is 8.47. The second kappa shape index (κ2) is 6.87. The molecule has 1 atom stereocenters. The molecule has 144 valence electrons. The molecule has 7 nitrogen and oxygen atoms in total. The summed E-state index contributed by atoms with van der Waals surface area (Å²) in [6.45, 7) is 7.13. The lowest BCUT2D eigenvalue weighted by molar-refractivity contribution is 0.0509. The summed E-state index contributed by atoms with van der Waals surface area (Å²) >= 11 is 0. The molecule has 7 heteroatoms. The number of aromatic nitrogens is 2. The first-order chi connectivity index (χ1) is 12.9. The van der Waals surface area contributed by atoms with Crippen LogP contribution in [0, 0.1) is 0 Å². The quantitative estimate of drug-likeness (QED) is 0.861. The molecule has 1 saturated carbocycles. The second-order valence-corrected chi connectivity index (χ2v) is 8.38. The second-order valence-electron chi connectivity index (χ2n) is 8.38. The molecule has 1 aromatic carbocycles. The lowest BCUT2D eigenvalue weighted by Crippen LogP contribution is -2.40. The number of benzene rings is 1. The Bertz CT molecular complexity index is 844. The van der Waals surface area contributed by atoms with Crippen molar-refractivity contribution in [2.24, 2.45) is 0 Å². The fourth-order valence-electron chi connectivity index (χ4n) is 3.27. The molecule has 2 fully saturated rings. The summed E-state index contributed by atoms with van der Waals surface area (Å²) in [7, 11) is 0. The maximum atomic E-state index is 12.1. The third-order valence-corrected chi connectivity index (χ3v) is 4.68. The number of nitrogens with zero attached hydrogens (tertiary/aromatic N) is 3. The van der Waals surface area contributed by atoms with Crippen molar-refractivity contribution in [2.75, 3.05) is 23.3 Å². The Labute approximate surface area is 159 Å². The summed E-state index contributed by atoms with van der Waals surface area (Å²) in [5, 5.41) is 6.49. The van der Waals surface area contributed by atoms with Crippen LogP contribution >= 0.6 is 0 Å². The van der Waals surface area contributed by atoms with Crippen molar-refractivity contribution in [1.29, 1.82) is 0 Å². The predicted octanol–water partition coefficient (Wildman–Crippen LogP) is 3.31. The van der Waals surface area contributed by atoms with Crippen molar-refractivity contribution < 1.29 is 9.53 Å². The van der Waals surface area contributed by atoms with Gasteiger partial charge in [0.05, 0.1) is 17.1 Å². The Morgan fingerprint density at radius 3 is 2.48 bits per heavy atom. The molecule has 0 bridgehead atoms. The van der Waals surface area contributed by atoms with E-state index in [1.165, 1.54) is 12.8 Å². The zero-order valence-electron chi connectivity index (χ0n) is 16.2. The lowest BCUT2D eigenvalue weighted by atomic mass is 10.2. The molecule has 0 spiro atoms. The Hall–Kier alpha value is -2.57. The van der Waals surface area contributed by atoms with Crippen molar-refractivity contribution >= 4 is 28.8 Å².